The summed E-state index contributed by atoms with van der Waals surface area (Å²) in [7, 11) is 0. The SMILES string of the molecule is CCCCCSC1=NN2C(=c3ccccc3=NC2c2cc(O)ccc2Br)C(=O)N1. The summed E-state index contributed by atoms with van der Waals surface area (Å²) in [6.45, 7) is 2.16. The van der Waals surface area contributed by atoms with Gasteiger partial charge < -0.3 is 5.11 Å². The van der Waals surface area contributed by atoms with Gasteiger partial charge in [-0.25, -0.2) is 5.01 Å². The predicted molar refractivity (Wildman–Crippen MR) is 119 cm³/mol. The van der Waals surface area contributed by atoms with Crippen LogP contribution < -0.4 is 15.9 Å². The summed E-state index contributed by atoms with van der Waals surface area (Å²) in [4.78, 5) is 17.9. The smallest absolute Gasteiger partial charge is 0.276 e. The minimum absolute atomic E-state index is 0.137. The summed E-state index contributed by atoms with van der Waals surface area (Å²) in [5.74, 6) is 0.838. The Morgan fingerprint density at radius 3 is 2.90 bits per heavy atom. The lowest BCUT2D eigenvalue weighted by Crippen LogP contribution is -2.50. The van der Waals surface area contributed by atoms with E-state index < -0.39 is 6.17 Å². The van der Waals surface area contributed by atoms with E-state index in [1.165, 1.54) is 0 Å². The second-order valence-electron chi connectivity index (χ2n) is 6.83. The molecule has 2 aliphatic heterocycles. The van der Waals surface area contributed by atoms with Gasteiger partial charge >= 0.3 is 0 Å². The molecule has 4 rings (SSSR count). The molecule has 0 saturated carbocycles. The number of nitrogens with zero attached hydrogens (tertiary/aromatic N) is 3. The number of hydrogen-bond acceptors (Lipinski definition) is 6. The second kappa shape index (κ2) is 8.59. The number of halogens is 1. The molecule has 6 nitrogen and oxygen atoms in total. The first-order valence-corrected chi connectivity index (χ1v) is 11.3. The number of phenols is 1. The third kappa shape index (κ3) is 4.04. The average molecular weight is 473 g/mol. The van der Waals surface area contributed by atoms with Crippen molar-refractivity contribution in [1.82, 2.24) is 10.3 Å². The van der Waals surface area contributed by atoms with Crippen molar-refractivity contribution in [1.29, 1.82) is 0 Å². The first-order valence-electron chi connectivity index (χ1n) is 9.56. The zero-order valence-corrected chi connectivity index (χ0v) is 18.3. The number of fused-ring (bicyclic) bond motifs is 2. The van der Waals surface area contributed by atoms with Gasteiger partial charge in [0.2, 0.25) is 0 Å². The van der Waals surface area contributed by atoms with Crippen LogP contribution in [0.15, 0.2) is 57.0 Å². The summed E-state index contributed by atoms with van der Waals surface area (Å²) in [6, 6.07) is 12.6. The van der Waals surface area contributed by atoms with Crippen molar-refractivity contribution < 1.29 is 9.90 Å². The fourth-order valence-electron chi connectivity index (χ4n) is 3.34. The van der Waals surface area contributed by atoms with Crippen molar-refractivity contribution in [2.24, 2.45) is 10.1 Å². The van der Waals surface area contributed by atoms with E-state index in [9.17, 15) is 9.90 Å². The van der Waals surface area contributed by atoms with Crippen molar-refractivity contribution in [3.05, 3.63) is 63.1 Å². The van der Waals surface area contributed by atoms with Gasteiger partial charge in [-0.2, -0.15) is 0 Å². The van der Waals surface area contributed by atoms with Crippen LogP contribution in [0, 0.1) is 0 Å². The Morgan fingerprint density at radius 2 is 2.07 bits per heavy atom. The maximum atomic E-state index is 13.0. The van der Waals surface area contributed by atoms with E-state index in [0.717, 1.165) is 45.6 Å². The average Bonchev–Trinajstić information content (AvgIpc) is 2.72. The van der Waals surface area contributed by atoms with Crippen molar-refractivity contribution in [2.75, 3.05) is 5.75 Å². The Bertz CT molecular complexity index is 1100. The van der Waals surface area contributed by atoms with E-state index >= 15 is 0 Å². The third-order valence-electron chi connectivity index (χ3n) is 4.76. The lowest BCUT2D eigenvalue weighted by molar-refractivity contribution is -0.116. The van der Waals surface area contributed by atoms with E-state index in [4.69, 9.17) is 10.1 Å². The van der Waals surface area contributed by atoms with Crippen LogP contribution in [0.25, 0.3) is 5.70 Å². The van der Waals surface area contributed by atoms with Crippen molar-refractivity contribution in [3.63, 3.8) is 0 Å². The lowest BCUT2D eigenvalue weighted by atomic mass is 10.1. The fraction of sp³-hybridized carbons (Fsp3) is 0.286. The van der Waals surface area contributed by atoms with E-state index in [0.29, 0.717) is 10.9 Å². The number of para-hydroxylation sites is 1. The molecule has 1 unspecified atom stereocenters. The zero-order valence-electron chi connectivity index (χ0n) is 15.9. The van der Waals surface area contributed by atoms with Crippen LogP contribution in [0.3, 0.4) is 0 Å². The highest BCUT2D eigenvalue weighted by atomic mass is 79.9. The first-order chi connectivity index (χ1) is 14.1. The van der Waals surface area contributed by atoms with Crippen molar-refractivity contribution in [2.45, 2.75) is 32.4 Å². The highest BCUT2D eigenvalue weighted by Gasteiger charge is 2.35. The molecule has 2 aromatic carbocycles. The second-order valence-corrected chi connectivity index (χ2v) is 8.77. The van der Waals surface area contributed by atoms with Crippen LogP contribution >= 0.6 is 27.7 Å². The molecular formula is C21H21BrN4O2S. The molecule has 0 fully saturated rings. The maximum absolute atomic E-state index is 13.0. The molecular weight excluding hydrogens is 452 g/mol. The van der Waals surface area contributed by atoms with Crippen LogP contribution in [-0.4, -0.2) is 26.9 Å². The number of benzene rings is 2. The number of unbranched alkanes of at least 4 members (excludes halogenated alkanes) is 2. The molecule has 2 aliphatic rings. The molecule has 0 aliphatic carbocycles. The first kappa shape index (κ1) is 20.0. The van der Waals surface area contributed by atoms with Crippen LogP contribution in [0.5, 0.6) is 5.75 Å². The number of carbonyl (C=O) groups is 1. The van der Waals surface area contributed by atoms with Gasteiger partial charge in [-0.1, -0.05) is 65.7 Å². The van der Waals surface area contributed by atoms with Crippen molar-refractivity contribution in [3.8, 4) is 5.75 Å². The number of thioether (sulfide) groups is 1. The van der Waals surface area contributed by atoms with Crippen LogP contribution in [0.1, 0.15) is 37.9 Å². The number of hydrogen-bond donors (Lipinski definition) is 2. The monoisotopic (exact) mass is 472 g/mol. The highest BCUT2D eigenvalue weighted by molar-refractivity contribution is 9.10. The van der Waals surface area contributed by atoms with Gasteiger partial charge in [0.25, 0.3) is 5.91 Å². The molecule has 0 spiro atoms. The van der Waals surface area contributed by atoms with Gasteiger partial charge in [0.15, 0.2) is 11.3 Å². The van der Waals surface area contributed by atoms with Crippen LogP contribution in [0.4, 0.5) is 0 Å². The number of aromatic hydroxyl groups is 1. The number of amidine groups is 1. The summed E-state index contributed by atoms with van der Waals surface area (Å²) >= 11 is 5.09. The van der Waals surface area contributed by atoms with Gasteiger partial charge in [0, 0.05) is 21.0 Å². The highest BCUT2D eigenvalue weighted by Crippen LogP contribution is 2.36. The molecule has 1 atom stereocenters. The number of amides is 1. The normalized spacial score (nSPS) is 17.8. The zero-order chi connectivity index (χ0) is 20.4. The Hall–Kier alpha value is -2.32. The van der Waals surface area contributed by atoms with Gasteiger partial charge in [0.1, 0.15) is 11.4 Å². The van der Waals surface area contributed by atoms with E-state index in [2.05, 4.69) is 28.2 Å². The maximum Gasteiger partial charge on any atom is 0.276 e. The largest absolute Gasteiger partial charge is 0.508 e. The molecule has 29 heavy (non-hydrogen) atoms. The quantitative estimate of drug-likeness (QED) is 0.654. The van der Waals surface area contributed by atoms with Gasteiger partial charge in [-0.3, -0.25) is 15.1 Å². The van der Waals surface area contributed by atoms with Gasteiger partial charge in [-0.05, 0) is 30.7 Å². The number of rotatable bonds is 5. The Balaban J connectivity index is 1.81. The summed E-state index contributed by atoms with van der Waals surface area (Å²) < 4.78 is 0.793. The topological polar surface area (TPSA) is 77.3 Å². The summed E-state index contributed by atoms with van der Waals surface area (Å²) in [5.41, 5.74) is 1.21. The number of carbonyl (C=O) groups excluding carboxylic acids is 1. The fourth-order valence-corrected chi connectivity index (χ4v) is 4.65. The van der Waals surface area contributed by atoms with Crippen molar-refractivity contribution >= 4 is 44.5 Å². The molecule has 0 radical (unpaired) electrons. The van der Waals surface area contributed by atoms with Crippen LogP contribution in [0.2, 0.25) is 0 Å². The molecule has 2 heterocycles. The number of phenolic OH excluding ortho intramolecular Hbond substituents is 1. The standard InChI is InChI=1S/C21H21BrN4O2S/c1-2-3-6-11-29-21-24-20(28)18-14-7-4-5-8-17(14)23-19(26(18)25-21)15-12-13(27)9-10-16(15)22/h4-5,7-10,12,19,27H,2-3,6,11H2,1H3,(H,24,25,28). The Morgan fingerprint density at radius 1 is 1.24 bits per heavy atom. The molecule has 2 aromatic rings. The summed E-state index contributed by atoms with van der Waals surface area (Å²) in [5, 5.41) is 21.4. The Labute approximate surface area is 181 Å². The molecule has 1 amide bonds. The molecule has 2 N–H and O–H groups in total. The lowest BCUT2D eigenvalue weighted by Gasteiger charge is -2.34. The van der Waals surface area contributed by atoms with E-state index in [-0.39, 0.29) is 11.7 Å². The minimum atomic E-state index is -0.557. The predicted octanol–water partition coefficient (Wildman–Crippen LogP) is 3.22. The van der Waals surface area contributed by atoms with Gasteiger partial charge in [-0.15, -0.1) is 5.10 Å². The van der Waals surface area contributed by atoms with E-state index in [1.807, 2.05) is 24.3 Å². The summed E-state index contributed by atoms with van der Waals surface area (Å²) in [6.07, 6.45) is 2.81. The van der Waals surface area contributed by atoms with E-state index in [1.54, 1.807) is 35.0 Å². The number of nitrogens with one attached hydrogen (secondary N) is 1. The molecule has 8 heteroatoms. The van der Waals surface area contributed by atoms with Gasteiger partial charge in [0.05, 0.1) is 5.36 Å². The minimum Gasteiger partial charge on any atom is -0.508 e. The Kier molecular flexibility index (Phi) is 5.91. The van der Waals surface area contributed by atoms with Crippen LogP contribution in [-0.2, 0) is 4.79 Å². The number of hydrazone groups is 1. The third-order valence-corrected chi connectivity index (χ3v) is 6.43. The molecule has 0 aromatic heterocycles. The molecule has 0 saturated heterocycles. The molecule has 150 valence electrons. The molecule has 0 bridgehead atoms.